The first-order valence-corrected chi connectivity index (χ1v) is 6.69. The first-order valence-electron chi connectivity index (χ1n) is 6.69. The van der Waals surface area contributed by atoms with Crippen LogP contribution in [0.25, 0.3) is 5.52 Å². The van der Waals surface area contributed by atoms with E-state index in [9.17, 15) is 9.18 Å². The lowest BCUT2D eigenvalue weighted by atomic mass is 10.2. The van der Waals surface area contributed by atoms with Crippen LogP contribution in [0.4, 0.5) is 4.39 Å². The van der Waals surface area contributed by atoms with Gasteiger partial charge in [0, 0.05) is 19.2 Å². The van der Waals surface area contributed by atoms with E-state index in [0.717, 1.165) is 11.3 Å². The molecule has 3 rings (SSSR count). The fraction of sp³-hybridized carbons (Fsp3) is 0.125. The molecule has 0 radical (unpaired) electrons. The molecule has 106 valence electrons. The van der Waals surface area contributed by atoms with Crippen molar-refractivity contribution in [3.63, 3.8) is 0 Å². The summed E-state index contributed by atoms with van der Waals surface area (Å²) in [7, 11) is 0. The Balaban J connectivity index is 1.64. The van der Waals surface area contributed by atoms with Crippen LogP contribution in [0.3, 0.4) is 0 Å². The zero-order valence-electron chi connectivity index (χ0n) is 11.3. The summed E-state index contributed by atoms with van der Waals surface area (Å²) in [5.74, 6) is -0.0605. The summed E-state index contributed by atoms with van der Waals surface area (Å²) in [5.41, 5.74) is 1.07. The molecule has 0 spiro atoms. The van der Waals surface area contributed by atoms with E-state index in [2.05, 4.69) is 10.3 Å². The van der Waals surface area contributed by atoms with Crippen LogP contribution in [-0.2, 0) is 6.42 Å². The summed E-state index contributed by atoms with van der Waals surface area (Å²) in [6.45, 7) is 0.404. The van der Waals surface area contributed by atoms with Crippen LogP contribution >= 0.6 is 0 Å². The molecule has 21 heavy (non-hydrogen) atoms. The van der Waals surface area contributed by atoms with Crippen molar-refractivity contribution in [1.29, 1.82) is 0 Å². The summed E-state index contributed by atoms with van der Waals surface area (Å²) in [4.78, 5) is 16.2. The van der Waals surface area contributed by atoms with E-state index < -0.39 is 11.7 Å². The van der Waals surface area contributed by atoms with Gasteiger partial charge in [-0.1, -0.05) is 18.2 Å². The normalized spacial score (nSPS) is 10.7. The molecule has 5 heteroatoms. The van der Waals surface area contributed by atoms with Gasteiger partial charge in [-0.15, -0.1) is 0 Å². The molecule has 3 aromatic rings. The number of fused-ring (bicyclic) bond motifs is 1. The second-order valence-corrected chi connectivity index (χ2v) is 4.66. The molecule has 0 saturated heterocycles. The Morgan fingerprint density at radius 1 is 1.19 bits per heavy atom. The van der Waals surface area contributed by atoms with Crippen molar-refractivity contribution in [3.05, 3.63) is 72.1 Å². The lowest BCUT2D eigenvalue weighted by Crippen LogP contribution is -2.27. The van der Waals surface area contributed by atoms with E-state index in [0.29, 0.717) is 13.0 Å². The maximum Gasteiger partial charge on any atom is 0.254 e. The van der Waals surface area contributed by atoms with Crippen molar-refractivity contribution < 1.29 is 9.18 Å². The number of imidazole rings is 1. The van der Waals surface area contributed by atoms with Gasteiger partial charge >= 0.3 is 0 Å². The minimum absolute atomic E-state index is 0.0606. The second-order valence-electron chi connectivity index (χ2n) is 4.66. The molecule has 0 atom stereocenters. The number of nitrogens with one attached hydrogen (secondary N) is 1. The van der Waals surface area contributed by atoms with Crippen molar-refractivity contribution in [2.24, 2.45) is 0 Å². The van der Waals surface area contributed by atoms with Crippen LogP contribution in [0.15, 0.2) is 54.9 Å². The number of amides is 1. The minimum Gasteiger partial charge on any atom is -0.351 e. The van der Waals surface area contributed by atoms with E-state index in [1.165, 1.54) is 12.1 Å². The largest absolute Gasteiger partial charge is 0.351 e. The standard InChI is InChI=1S/C16H14FN3O/c17-14-7-2-1-6-13(14)16(21)18-9-8-15-19-11-12-5-3-4-10-20(12)15/h1-7,10-11H,8-9H2,(H,18,21). The van der Waals surface area contributed by atoms with E-state index in [-0.39, 0.29) is 5.56 Å². The molecule has 0 aliphatic heterocycles. The molecule has 1 aromatic carbocycles. The van der Waals surface area contributed by atoms with Crippen LogP contribution in [0.1, 0.15) is 16.2 Å². The highest BCUT2D eigenvalue weighted by molar-refractivity contribution is 5.94. The van der Waals surface area contributed by atoms with Crippen LogP contribution in [0.2, 0.25) is 0 Å². The van der Waals surface area contributed by atoms with Gasteiger partial charge in [0.1, 0.15) is 11.6 Å². The molecule has 0 aliphatic rings. The fourth-order valence-electron chi connectivity index (χ4n) is 2.21. The first kappa shape index (κ1) is 13.3. The number of carbonyl (C=O) groups excluding carboxylic acids is 1. The Hall–Kier alpha value is -2.69. The fourth-order valence-corrected chi connectivity index (χ4v) is 2.21. The number of hydrogen-bond donors (Lipinski definition) is 1. The zero-order valence-corrected chi connectivity index (χ0v) is 11.3. The van der Waals surface area contributed by atoms with Gasteiger partial charge in [-0.3, -0.25) is 4.79 Å². The third-order valence-corrected chi connectivity index (χ3v) is 3.27. The summed E-state index contributed by atoms with van der Waals surface area (Å²) in [5, 5.41) is 2.71. The number of pyridine rings is 1. The highest BCUT2D eigenvalue weighted by Crippen LogP contribution is 2.07. The number of benzene rings is 1. The summed E-state index contributed by atoms with van der Waals surface area (Å²) in [6.07, 6.45) is 4.29. The molecule has 0 saturated carbocycles. The van der Waals surface area contributed by atoms with Crippen molar-refractivity contribution in [3.8, 4) is 0 Å². The Morgan fingerprint density at radius 2 is 2.00 bits per heavy atom. The molecule has 1 amide bonds. The maximum atomic E-state index is 13.5. The van der Waals surface area contributed by atoms with Gasteiger partial charge in [-0.25, -0.2) is 9.37 Å². The van der Waals surface area contributed by atoms with Crippen molar-refractivity contribution >= 4 is 11.4 Å². The third-order valence-electron chi connectivity index (χ3n) is 3.27. The van der Waals surface area contributed by atoms with E-state index in [1.807, 2.05) is 28.8 Å². The predicted octanol–water partition coefficient (Wildman–Crippen LogP) is 2.45. The highest BCUT2D eigenvalue weighted by atomic mass is 19.1. The van der Waals surface area contributed by atoms with Crippen LogP contribution in [0.5, 0.6) is 0 Å². The Bertz CT molecular complexity index is 782. The SMILES string of the molecule is O=C(NCCc1ncc2ccccn12)c1ccccc1F. The molecular weight excluding hydrogens is 269 g/mol. The van der Waals surface area contributed by atoms with E-state index in [1.54, 1.807) is 18.3 Å². The zero-order chi connectivity index (χ0) is 14.7. The molecule has 1 N–H and O–H groups in total. The summed E-state index contributed by atoms with van der Waals surface area (Å²) >= 11 is 0. The Kier molecular flexibility index (Phi) is 3.64. The highest BCUT2D eigenvalue weighted by Gasteiger charge is 2.10. The molecule has 0 bridgehead atoms. The van der Waals surface area contributed by atoms with Crippen LogP contribution in [0, 0.1) is 5.82 Å². The van der Waals surface area contributed by atoms with Gasteiger partial charge in [-0.05, 0) is 24.3 Å². The molecule has 0 fully saturated rings. The number of hydrogen-bond acceptors (Lipinski definition) is 2. The average molecular weight is 283 g/mol. The van der Waals surface area contributed by atoms with Gasteiger partial charge in [0.2, 0.25) is 0 Å². The molecule has 2 heterocycles. The average Bonchev–Trinajstić information content (AvgIpc) is 2.91. The van der Waals surface area contributed by atoms with Crippen molar-refractivity contribution in [2.45, 2.75) is 6.42 Å². The van der Waals surface area contributed by atoms with E-state index in [4.69, 9.17) is 0 Å². The van der Waals surface area contributed by atoms with Gasteiger partial charge in [0.15, 0.2) is 0 Å². The van der Waals surface area contributed by atoms with Gasteiger partial charge in [0.05, 0.1) is 17.3 Å². The van der Waals surface area contributed by atoms with Gasteiger partial charge < -0.3 is 9.72 Å². The maximum absolute atomic E-state index is 13.5. The number of carbonyl (C=O) groups is 1. The quantitative estimate of drug-likeness (QED) is 0.799. The molecule has 0 aliphatic carbocycles. The first-order chi connectivity index (χ1) is 10.3. The lowest BCUT2D eigenvalue weighted by Gasteiger charge is -2.06. The van der Waals surface area contributed by atoms with Gasteiger partial charge in [-0.2, -0.15) is 0 Å². The molecule has 2 aromatic heterocycles. The summed E-state index contributed by atoms with van der Waals surface area (Å²) < 4.78 is 15.4. The lowest BCUT2D eigenvalue weighted by molar-refractivity contribution is 0.0950. The van der Waals surface area contributed by atoms with E-state index >= 15 is 0 Å². The topological polar surface area (TPSA) is 46.4 Å². The minimum atomic E-state index is -0.513. The monoisotopic (exact) mass is 283 g/mol. The van der Waals surface area contributed by atoms with Crippen molar-refractivity contribution in [1.82, 2.24) is 14.7 Å². The summed E-state index contributed by atoms with van der Waals surface area (Å²) in [6, 6.07) is 11.8. The number of rotatable bonds is 4. The smallest absolute Gasteiger partial charge is 0.254 e. The third kappa shape index (κ3) is 2.76. The Morgan fingerprint density at radius 3 is 2.86 bits per heavy atom. The molecule has 0 unspecified atom stereocenters. The second kappa shape index (κ2) is 5.75. The molecule has 4 nitrogen and oxygen atoms in total. The number of nitrogens with zero attached hydrogens (tertiary/aromatic N) is 2. The Labute approximate surface area is 121 Å². The van der Waals surface area contributed by atoms with Crippen molar-refractivity contribution in [2.75, 3.05) is 6.54 Å². The number of aromatic nitrogens is 2. The van der Waals surface area contributed by atoms with Crippen LogP contribution in [-0.4, -0.2) is 21.8 Å². The van der Waals surface area contributed by atoms with Crippen LogP contribution < -0.4 is 5.32 Å². The molecular formula is C16H14FN3O. The number of halogens is 1. The van der Waals surface area contributed by atoms with Gasteiger partial charge in [0.25, 0.3) is 5.91 Å². The predicted molar refractivity (Wildman–Crippen MR) is 77.6 cm³/mol.